The molecule has 142 valence electrons. The van der Waals surface area contributed by atoms with Gasteiger partial charge in [-0.3, -0.25) is 4.79 Å². The molecular weight excluding hydrogens is 356 g/mol. The van der Waals surface area contributed by atoms with Gasteiger partial charge in [-0.25, -0.2) is 8.78 Å². The lowest BCUT2D eigenvalue weighted by molar-refractivity contribution is -0.153. The van der Waals surface area contributed by atoms with Crippen LogP contribution in [0.2, 0.25) is 0 Å². The number of hydrogen-bond donors (Lipinski definition) is 1. The Morgan fingerprint density at radius 2 is 2.00 bits per heavy atom. The number of anilines is 2. The zero-order chi connectivity index (χ0) is 19.6. The number of hydrogen-bond acceptors (Lipinski definition) is 6. The Bertz CT molecular complexity index is 966. The number of rotatable bonds is 5. The van der Waals surface area contributed by atoms with E-state index in [0.717, 1.165) is 10.1 Å². The summed E-state index contributed by atoms with van der Waals surface area (Å²) in [6, 6.07) is 10.3. The maximum atomic E-state index is 13.0. The highest BCUT2D eigenvalue weighted by Crippen LogP contribution is 2.20. The molecule has 27 heavy (non-hydrogen) atoms. The second-order valence-electron chi connectivity index (χ2n) is 6.94. The summed E-state index contributed by atoms with van der Waals surface area (Å²) < 4.78 is 32.2. The van der Waals surface area contributed by atoms with Gasteiger partial charge in [-0.1, -0.05) is 12.1 Å². The number of alkyl halides is 2. The lowest BCUT2D eigenvalue weighted by Gasteiger charge is -2.19. The Balaban J connectivity index is 1.77. The first kappa shape index (κ1) is 18.7. The van der Waals surface area contributed by atoms with Crippen LogP contribution in [0.3, 0.4) is 0 Å². The Kier molecular flexibility index (Phi) is 5.02. The zero-order valence-electron chi connectivity index (χ0n) is 15.1. The SMILES string of the molecule is CC(C)(C)OC(=O)Cc1cccc(Nc2ccc3nnc(C(F)F)n3n2)c1. The van der Waals surface area contributed by atoms with Crippen LogP contribution in [0.5, 0.6) is 0 Å². The van der Waals surface area contributed by atoms with Crippen molar-refractivity contribution < 1.29 is 18.3 Å². The van der Waals surface area contributed by atoms with E-state index in [4.69, 9.17) is 4.74 Å². The Labute approximate surface area is 154 Å². The van der Waals surface area contributed by atoms with Gasteiger partial charge in [-0.05, 0) is 50.6 Å². The molecule has 1 N–H and O–H groups in total. The summed E-state index contributed by atoms with van der Waals surface area (Å²) in [6.45, 7) is 5.43. The quantitative estimate of drug-likeness (QED) is 0.685. The minimum atomic E-state index is -2.78. The second kappa shape index (κ2) is 7.26. The highest BCUT2D eigenvalue weighted by molar-refractivity contribution is 5.73. The predicted molar refractivity (Wildman–Crippen MR) is 95.0 cm³/mol. The third kappa shape index (κ3) is 4.75. The minimum absolute atomic E-state index is 0.125. The van der Waals surface area contributed by atoms with Gasteiger partial charge < -0.3 is 10.1 Å². The van der Waals surface area contributed by atoms with E-state index in [1.807, 2.05) is 20.8 Å². The van der Waals surface area contributed by atoms with Crippen LogP contribution >= 0.6 is 0 Å². The van der Waals surface area contributed by atoms with Crippen molar-refractivity contribution in [1.29, 1.82) is 0 Å². The monoisotopic (exact) mass is 375 g/mol. The Morgan fingerprint density at radius 3 is 2.70 bits per heavy atom. The first-order valence-corrected chi connectivity index (χ1v) is 8.29. The van der Waals surface area contributed by atoms with Crippen molar-refractivity contribution in [3.8, 4) is 0 Å². The number of carbonyl (C=O) groups is 1. The van der Waals surface area contributed by atoms with E-state index < -0.39 is 17.9 Å². The maximum absolute atomic E-state index is 13.0. The summed E-state index contributed by atoms with van der Waals surface area (Å²) in [5.74, 6) is -0.504. The average molecular weight is 375 g/mol. The number of fused-ring (bicyclic) bond motifs is 1. The molecule has 0 spiro atoms. The van der Waals surface area contributed by atoms with Crippen molar-refractivity contribution in [2.24, 2.45) is 0 Å². The molecule has 2 heterocycles. The summed E-state index contributed by atoms with van der Waals surface area (Å²) in [7, 11) is 0. The molecule has 0 aliphatic heterocycles. The molecule has 0 saturated heterocycles. The summed E-state index contributed by atoms with van der Waals surface area (Å²) in [5, 5.41) is 14.2. The van der Waals surface area contributed by atoms with Crippen molar-refractivity contribution >= 4 is 23.1 Å². The summed E-state index contributed by atoms with van der Waals surface area (Å²) in [4.78, 5) is 12.0. The summed E-state index contributed by atoms with van der Waals surface area (Å²) >= 11 is 0. The van der Waals surface area contributed by atoms with Gasteiger partial charge in [0.05, 0.1) is 6.42 Å². The molecule has 0 saturated carbocycles. The fraction of sp³-hybridized carbons (Fsp3) is 0.333. The minimum Gasteiger partial charge on any atom is -0.460 e. The standard InChI is InChI=1S/C18H19F2N5O2/c1-18(2,3)27-15(26)10-11-5-4-6-12(9-11)21-13-7-8-14-22-23-17(16(19)20)25(14)24-13/h4-9,16H,10H2,1-3H3,(H,21,24). The molecule has 9 heteroatoms. The van der Waals surface area contributed by atoms with Crippen LogP contribution in [0.1, 0.15) is 38.6 Å². The average Bonchev–Trinajstić information content (AvgIpc) is 2.96. The van der Waals surface area contributed by atoms with Crippen LogP contribution in [0, 0.1) is 0 Å². The number of nitrogens with zero attached hydrogens (tertiary/aromatic N) is 4. The molecule has 0 amide bonds. The van der Waals surface area contributed by atoms with E-state index in [9.17, 15) is 13.6 Å². The number of aromatic nitrogens is 4. The number of esters is 1. The van der Waals surface area contributed by atoms with Gasteiger partial charge in [0, 0.05) is 5.69 Å². The third-order valence-corrected chi connectivity index (χ3v) is 3.45. The molecule has 0 aliphatic rings. The van der Waals surface area contributed by atoms with Crippen molar-refractivity contribution in [3.05, 3.63) is 47.8 Å². The van der Waals surface area contributed by atoms with Crippen molar-refractivity contribution in [2.75, 3.05) is 5.32 Å². The molecule has 0 radical (unpaired) electrons. The van der Waals surface area contributed by atoms with Gasteiger partial charge in [-0.15, -0.1) is 15.3 Å². The van der Waals surface area contributed by atoms with Gasteiger partial charge >= 0.3 is 5.97 Å². The van der Waals surface area contributed by atoms with E-state index in [1.54, 1.807) is 36.4 Å². The largest absolute Gasteiger partial charge is 0.460 e. The maximum Gasteiger partial charge on any atom is 0.310 e. The summed E-state index contributed by atoms with van der Waals surface area (Å²) in [6.07, 6.45) is -2.65. The van der Waals surface area contributed by atoms with E-state index >= 15 is 0 Å². The molecule has 3 aromatic rings. The Morgan fingerprint density at radius 1 is 1.22 bits per heavy atom. The second-order valence-corrected chi connectivity index (χ2v) is 6.94. The van der Waals surface area contributed by atoms with Crippen LogP contribution in [-0.4, -0.2) is 31.4 Å². The van der Waals surface area contributed by atoms with Crippen molar-refractivity contribution in [3.63, 3.8) is 0 Å². The number of carbonyl (C=O) groups excluding carboxylic acids is 1. The van der Waals surface area contributed by atoms with E-state index in [0.29, 0.717) is 11.5 Å². The van der Waals surface area contributed by atoms with E-state index in [2.05, 4.69) is 20.6 Å². The highest BCUT2D eigenvalue weighted by atomic mass is 19.3. The predicted octanol–water partition coefficient (Wildman–Crippen LogP) is 3.69. The molecule has 0 unspecified atom stereocenters. The molecule has 3 rings (SSSR count). The van der Waals surface area contributed by atoms with Crippen LogP contribution < -0.4 is 5.32 Å². The van der Waals surface area contributed by atoms with E-state index in [1.165, 1.54) is 0 Å². The molecule has 0 bridgehead atoms. The third-order valence-electron chi connectivity index (χ3n) is 3.45. The number of benzene rings is 1. The lowest BCUT2D eigenvalue weighted by atomic mass is 10.1. The summed E-state index contributed by atoms with van der Waals surface area (Å²) in [5.41, 5.74) is 1.10. The van der Waals surface area contributed by atoms with Gasteiger partial charge in [-0.2, -0.15) is 4.52 Å². The van der Waals surface area contributed by atoms with Crippen LogP contribution in [0.25, 0.3) is 5.65 Å². The zero-order valence-corrected chi connectivity index (χ0v) is 15.1. The van der Waals surface area contributed by atoms with Gasteiger partial charge in [0.2, 0.25) is 5.82 Å². The van der Waals surface area contributed by atoms with Crippen LogP contribution in [0.4, 0.5) is 20.3 Å². The number of nitrogens with one attached hydrogen (secondary N) is 1. The molecule has 0 atom stereocenters. The number of halogens is 2. The van der Waals surface area contributed by atoms with Crippen LogP contribution in [-0.2, 0) is 16.0 Å². The first-order chi connectivity index (χ1) is 12.7. The fourth-order valence-electron chi connectivity index (χ4n) is 2.46. The highest BCUT2D eigenvalue weighted by Gasteiger charge is 2.18. The molecule has 0 aliphatic carbocycles. The van der Waals surface area contributed by atoms with Crippen molar-refractivity contribution in [2.45, 2.75) is 39.2 Å². The molecule has 7 nitrogen and oxygen atoms in total. The molecule has 0 fully saturated rings. The molecule has 1 aromatic carbocycles. The number of ether oxygens (including phenoxy) is 1. The van der Waals surface area contributed by atoms with Gasteiger partial charge in [0.1, 0.15) is 5.60 Å². The lowest BCUT2D eigenvalue weighted by Crippen LogP contribution is -2.24. The van der Waals surface area contributed by atoms with Crippen molar-refractivity contribution in [1.82, 2.24) is 19.8 Å². The molecule has 2 aromatic heterocycles. The van der Waals surface area contributed by atoms with Gasteiger partial charge in [0.15, 0.2) is 11.5 Å². The Hall–Kier alpha value is -3.10. The van der Waals surface area contributed by atoms with Gasteiger partial charge in [0.25, 0.3) is 6.43 Å². The van der Waals surface area contributed by atoms with Crippen LogP contribution in [0.15, 0.2) is 36.4 Å². The van der Waals surface area contributed by atoms with E-state index in [-0.39, 0.29) is 18.0 Å². The molecular formula is C18H19F2N5O2. The normalized spacial score (nSPS) is 11.8. The fourth-order valence-corrected chi connectivity index (χ4v) is 2.46. The topological polar surface area (TPSA) is 81.4 Å². The smallest absolute Gasteiger partial charge is 0.310 e. The first-order valence-electron chi connectivity index (χ1n) is 8.29.